The van der Waals surface area contributed by atoms with E-state index in [1.54, 1.807) is 11.0 Å². The molecule has 0 radical (unpaired) electrons. The Kier molecular flexibility index (Phi) is 6.28. The molecule has 0 bridgehead atoms. The van der Waals surface area contributed by atoms with E-state index in [0.717, 1.165) is 19.5 Å². The van der Waals surface area contributed by atoms with Crippen LogP contribution in [0.5, 0.6) is 11.5 Å². The Morgan fingerprint density at radius 1 is 1.37 bits per heavy atom. The predicted octanol–water partition coefficient (Wildman–Crippen LogP) is -1.93. The molecule has 1 aromatic carbocycles. The summed E-state index contributed by atoms with van der Waals surface area (Å²) in [6, 6.07) is 2.57. The number of rotatable bonds is 5. The molecule has 0 spiro atoms. The molecule has 3 aliphatic rings. The third kappa shape index (κ3) is 4.24. The molecule has 0 aliphatic carbocycles. The van der Waals surface area contributed by atoms with Crippen LogP contribution in [0.1, 0.15) is 29.8 Å². The minimum absolute atomic E-state index is 0. The largest absolute Gasteiger partial charge is 0.669 e. The molecule has 0 aromatic heterocycles. The Hall–Kier alpha value is -2.34. The van der Waals surface area contributed by atoms with Crippen LogP contribution in [0.2, 0.25) is 6.32 Å². The second-order valence-electron chi connectivity index (χ2n) is 7.99. The zero-order valence-corrected chi connectivity index (χ0v) is 15.9. The van der Waals surface area contributed by atoms with Crippen molar-refractivity contribution in [3.05, 3.63) is 23.3 Å². The van der Waals surface area contributed by atoms with Crippen LogP contribution in [0.3, 0.4) is 0 Å². The van der Waals surface area contributed by atoms with E-state index in [4.69, 9.17) is 15.1 Å². The lowest BCUT2D eigenvalue weighted by Gasteiger charge is -2.42. The van der Waals surface area contributed by atoms with Crippen molar-refractivity contribution in [1.82, 2.24) is 10.2 Å². The van der Waals surface area contributed by atoms with Gasteiger partial charge in [-0.05, 0) is 43.5 Å². The maximum absolute atomic E-state index is 12.5. The monoisotopic (exact) mass is 421 g/mol. The third-order valence-corrected chi connectivity index (χ3v) is 5.85. The molecule has 11 heteroatoms. The second-order valence-corrected chi connectivity index (χ2v) is 7.99. The lowest BCUT2D eigenvalue weighted by atomic mass is 9.70. The molecule has 2 saturated heterocycles. The van der Waals surface area contributed by atoms with Crippen molar-refractivity contribution in [1.29, 1.82) is 0 Å². The van der Waals surface area contributed by atoms with Gasteiger partial charge in [0.15, 0.2) is 0 Å². The van der Waals surface area contributed by atoms with E-state index in [9.17, 15) is 24.7 Å². The van der Waals surface area contributed by atoms with Gasteiger partial charge in [-0.1, -0.05) is 19.8 Å². The Morgan fingerprint density at radius 3 is 2.73 bits per heavy atom. The maximum Gasteiger partial charge on any atom is 0.430 e. The zero-order valence-electron chi connectivity index (χ0n) is 15.9. The van der Waals surface area contributed by atoms with Crippen LogP contribution >= 0.6 is 0 Å². The highest BCUT2D eigenvalue weighted by atomic mass is 16.6. The first-order valence-corrected chi connectivity index (χ1v) is 9.83. The van der Waals surface area contributed by atoms with Gasteiger partial charge in [-0.15, -0.1) is 0 Å². The highest BCUT2D eigenvalue weighted by Gasteiger charge is 2.38. The molecule has 1 aromatic rings. The first-order chi connectivity index (χ1) is 13.7. The van der Waals surface area contributed by atoms with Gasteiger partial charge < -0.3 is 45.3 Å². The molecule has 10 nitrogen and oxygen atoms in total. The van der Waals surface area contributed by atoms with Gasteiger partial charge in [0.2, 0.25) is 5.91 Å². The van der Waals surface area contributed by atoms with Crippen molar-refractivity contribution in [2.24, 2.45) is 11.7 Å². The fourth-order valence-corrected chi connectivity index (χ4v) is 4.09. The van der Waals surface area contributed by atoms with Gasteiger partial charge in [0, 0.05) is 0 Å². The number of likely N-dealkylation sites (tertiary alicyclic amines) is 1. The number of carbonyl (C=O) groups excluding carboxylic acids is 2. The molecular weight excluding hydrogens is 393 g/mol. The molecule has 2 fully saturated rings. The number of carboxylic acids is 1. The number of hydrogen-bond acceptors (Lipinski definition) is 9. The minimum Gasteiger partial charge on any atom is -0.669 e. The third-order valence-electron chi connectivity index (χ3n) is 5.85. The van der Waals surface area contributed by atoms with E-state index in [1.807, 2.05) is 0 Å². The average Bonchev–Trinajstić information content (AvgIpc) is 3.16. The van der Waals surface area contributed by atoms with Crippen LogP contribution in [-0.2, 0) is 11.2 Å². The molecule has 30 heavy (non-hydrogen) atoms. The lowest BCUT2D eigenvalue weighted by Crippen LogP contribution is -2.61. The van der Waals surface area contributed by atoms with Gasteiger partial charge in [-0.2, -0.15) is 0 Å². The second kappa shape index (κ2) is 8.42. The number of nitrogens with one attached hydrogen (secondary N) is 1. The Labute approximate surface area is 175 Å². The van der Waals surface area contributed by atoms with Crippen LogP contribution in [0.15, 0.2) is 12.1 Å². The smallest absolute Gasteiger partial charge is 0.430 e. The van der Waals surface area contributed by atoms with E-state index < -0.39 is 24.9 Å². The van der Waals surface area contributed by atoms with Gasteiger partial charge in [-0.3, -0.25) is 4.79 Å². The van der Waals surface area contributed by atoms with E-state index in [2.05, 4.69) is 5.32 Å². The summed E-state index contributed by atoms with van der Waals surface area (Å²) >= 11 is 0. The van der Waals surface area contributed by atoms with Crippen molar-refractivity contribution in [3.63, 3.8) is 0 Å². The van der Waals surface area contributed by atoms with Gasteiger partial charge in [0.05, 0.1) is 36.4 Å². The molecule has 3 heterocycles. The highest BCUT2D eigenvalue weighted by Crippen LogP contribution is 2.38. The van der Waals surface area contributed by atoms with Gasteiger partial charge in [-0.25, -0.2) is 0 Å². The summed E-state index contributed by atoms with van der Waals surface area (Å²) in [4.78, 5) is 25.8. The molecule has 4 rings (SSSR count). The van der Waals surface area contributed by atoms with Gasteiger partial charge in [0.25, 0.3) is 0 Å². The topological polar surface area (TPSA) is 157 Å². The number of amides is 1. The Bertz CT molecular complexity index is 823. The summed E-state index contributed by atoms with van der Waals surface area (Å²) in [6.45, 7) is -0.946. The molecule has 2 atom stereocenters. The van der Waals surface area contributed by atoms with E-state index in [-0.39, 0.29) is 49.1 Å². The summed E-state index contributed by atoms with van der Waals surface area (Å²) in [5, 5.41) is 34.4. The highest BCUT2D eigenvalue weighted by molar-refractivity contribution is 6.59. The molecular formula is C19H28BN3O7-2. The first kappa shape index (κ1) is 22.4. The van der Waals surface area contributed by atoms with Crippen LogP contribution < -0.4 is 25.5 Å². The zero-order chi connectivity index (χ0) is 20.8. The number of hydrogen-bond donors (Lipinski definition) is 4. The van der Waals surface area contributed by atoms with Crippen molar-refractivity contribution in [2.45, 2.75) is 38.7 Å². The SMILES string of the molecule is C.NC(C(=O)N1CC(Oc2ccc3c(c2C(=O)[O-])O[B-](O)(O)CC3)C1)C1CCNC1. The summed E-state index contributed by atoms with van der Waals surface area (Å²) in [6.07, 6.45) is 0.716. The number of nitrogens with two attached hydrogens (primary N) is 1. The molecule has 166 valence electrons. The van der Waals surface area contributed by atoms with Crippen molar-refractivity contribution >= 4 is 18.6 Å². The maximum atomic E-state index is 12.5. The fraction of sp³-hybridized carbons (Fsp3) is 0.579. The number of aromatic carboxylic acids is 1. The Balaban J connectivity index is 0.00000256. The summed E-state index contributed by atoms with van der Waals surface area (Å²) in [5.41, 5.74) is 6.26. The number of carbonyl (C=O) groups is 2. The number of benzene rings is 1. The van der Waals surface area contributed by atoms with E-state index in [1.165, 1.54) is 6.07 Å². The van der Waals surface area contributed by atoms with Gasteiger partial charge in [0.1, 0.15) is 11.9 Å². The quantitative estimate of drug-likeness (QED) is 0.398. The van der Waals surface area contributed by atoms with Gasteiger partial charge >= 0.3 is 6.75 Å². The fourth-order valence-electron chi connectivity index (χ4n) is 4.09. The van der Waals surface area contributed by atoms with E-state index in [0.29, 0.717) is 18.7 Å². The van der Waals surface area contributed by atoms with Crippen LogP contribution in [-0.4, -0.2) is 71.9 Å². The molecule has 1 amide bonds. The van der Waals surface area contributed by atoms with Crippen LogP contribution in [0, 0.1) is 5.92 Å². The van der Waals surface area contributed by atoms with Crippen molar-refractivity contribution < 1.29 is 34.1 Å². The van der Waals surface area contributed by atoms with Crippen LogP contribution in [0.4, 0.5) is 0 Å². The summed E-state index contributed by atoms with van der Waals surface area (Å²) in [5.74, 6) is -1.68. The number of nitrogens with zero attached hydrogens (tertiary/aromatic N) is 1. The standard InChI is InChI=1S/C18H25BN3O7.CH4/c20-15(11-4-6-21-7-11)17(23)22-8-12(9-22)28-13-2-1-10-3-5-19(26,27)29-16(10)14(13)18(24)25;/h1-2,11-12,15,21,26-27H,3-9,20H2,(H,24,25);1H4/q-1;/p-1. The molecule has 3 aliphatic heterocycles. The molecule has 2 unspecified atom stereocenters. The predicted molar refractivity (Wildman–Crippen MR) is 107 cm³/mol. The molecule has 0 saturated carbocycles. The number of carboxylic acid groups (broad SMARTS) is 1. The number of aryl methyl sites for hydroxylation is 1. The average molecular weight is 421 g/mol. The molecule has 5 N–H and O–H groups in total. The lowest BCUT2D eigenvalue weighted by molar-refractivity contribution is -0.255. The normalized spacial score (nSPS) is 23.4. The van der Waals surface area contributed by atoms with E-state index >= 15 is 0 Å². The number of ether oxygens (including phenoxy) is 1. The van der Waals surface area contributed by atoms with Crippen molar-refractivity contribution in [2.75, 3.05) is 26.2 Å². The van der Waals surface area contributed by atoms with Crippen molar-refractivity contribution in [3.8, 4) is 11.5 Å². The first-order valence-electron chi connectivity index (χ1n) is 9.83. The summed E-state index contributed by atoms with van der Waals surface area (Å²) < 4.78 is 10.9. The minimum atomic E-state index is -3.12. The Morgan fingerprint density at radius 2 is 2.10 bits per heavy atom. The summed E-state index contributed by atoms with van der Waals surface area (Å²) in [7, 11) is 0. The van der Waals surface area contributed by atoms with Crippen LogP contribution in [0.25, 0.3) is 0 Å². The number of fused-ring (bicyclic) bond motifs is 1.